The van der Waals surface area contributed by atoms with Gasteiger partial charge >= 0.3 is 0 Å². The van der Waals surface area contributed by atoms with Crippen molar-refractivity contribution in [1.82, 2.24) is 4.90 Å². The van der Waals surface area contributed by atoms with Crippen LogP contribution in [0.5, 0.6) is 0 Å². The van der Waals surface area contributed by atoms with E-state index < -0.39 is 0 Å². The zero-order valence-corrected chi connectivity index (χ0v) is 6.91. The first kappa shape index (κ1) is 12.5. The molecule has 0 rings (SSSR count). The highest BCUT2D eigenvalue weighted by Crippen LogP contribution is 1.79. The Bertz CT molecular complexity index is 49.7. The third-order valence-corrected chi connectivity index (χ3v) is 0.876. The lowest BCUT2D eigenvalue weighted by Crippen LogP contribution is -2.23. The largest absolute Gasteiger partial charge is 0.395 e. The SMILES string of the molecule is CC(O)N(C)C.NCCO. The second kappa shape index (κ2) is 8.84. The molecule has 0 aromatic heterocycles. The Hall–Kier alpha value is -0.160. The first-order valence-corrected chi connectivity index (χ1v) is 3.21. The van der Waals surface area contributed by atoms with Crippen LogP contribution in [-0.4, -0.2) is 48.6 Å². The third-order valence-electron chi connectivity index (χ3n) is 0.876. The normalized spacial score (nSPS) is 12.3. The second-order valence-corrected chi connectivity index (χ2v) is 2.11. The van der Waals surface area contributed by atoms with E-state index in [9.17, 15) is 0 Å². The summed E-state index contributed by atoms with van der Waals surface area (Å²) in [5.74, 6) is 0. The monoisotopic (exact) mass is 150 g/mol. The summed E-state index contributed by atoms with van der Waals surface area (Å²) in [7, 11) is 3.65. The minimum atomic E-state index is -0.315. The Balaban J connectivity index is 0. The predicted molar refractivity (Wildman–Crippen MR) is 41.5 cm³/mol. The highest BCUT2D eigenvalue weighted by Gasteiger charge is 1.92. The molecule has 1 unspecified atom stereocenters. The number of aliphatic hydroxyl groups excluding tert-OH is 2. The van der Waals surface area contributed by atoms with Gasteiger partial charge in [-0.25, -0.2) is 0 Å². The average molecular weight is 150 g/mol. The van der Waals surface area contributed by atoms with Crippen molar-refractivity contribution in [2.45, 2.75) is 13.2 Å². The molecule has 0 saturated heterocycles. The number of hydrogen-bond acceptors (Lipinski definition) is 4. The molecular weight excluding hydrogens is 132 g/mol. The molecule has 4 N–H and O–H groups in total. The van der Waals surface area contributed by atoms with Crippen LogP contribution < -0.4 is 5.73 Å². The van der Waals surface area contributed by atoms with E-state index >= 15 is 0 Å². The van der Waals surface area contributed by atoms with Crippen LogP contribution in [0, 0.1) is 0 Å². The summed E-state index contributed by atoms with van der Waals surface area (Å²) >= 11 is 0. The molecule has 0 spiro atoms. The standard InChI is InChI=1S/C4H11NO.C2H7NO/c1-4(6)5(2)3;3-1-2-4/h4,6H,1-3H3;4H,1-3H2. The first-order chi connectivity index (χ1) is 4.56. The number of nitrogens with zero attached hydrogens (tertiary/aromatic N) is 1. The van der Waals surface area contributed by atoms with Gasteiger partial charge in [0, 0.05) is 6.54 Å². The highest BCUT2D eigenvalue weighted by molar-refractivity contribution is 4.35. The Morgan fingerprint density at radius 1 is 1.50 bits per heavy atom. The molecule has 0 aliphatic rings. The number of rotatable bonds is 2. The zero-order chi connectivity index (χ0) is 8.57. The van der Waals surface area contributed by atoms with Gasteiger partial charge in [0.25, 0.3) is 0 Å². The van der Waals surface area contributed by atoms with Gasteiger partial charge in [-0.3, -0.25) is 4.90 Å². The van der Waals surface area contributed by atoms with Crippen LogP contribution in [0.3, 0.4) is 0 Å². The summed E-state index contributed by atoms with van der Waals surface area (Å²) in [6.45, 7) is 2.19. The van der Waals surface area contributed by atoms with E-state index in [1.807, 2.05) is 14.1 Å². The molecule has 0 saturated carbocycles. The van der Waals surface area contributed by atoms with Crippen LogP contribution in [0.2, 0.25) is 0 Å². The van der Waals surface area contributed by atoms with E-state index in [1.165, 1.54) is 0 Å². The fourth-order valence-electron chi connectivity index (χ4n) is 0. The van der Waals surface area contributed by atoms with Crippen LogP contribution in [0.1, 0.15) is 6.92 Å². The van der Waals surface area contributed by atoms with E-state index in [0.717, 1.165) is 0 Å². The average Bonchev–Trinajstić information content (AvgIpc) is 1.89. The van der Waals surface area contributed by atoms with Crippen molar-refractivity contribution in [2.24, 2.45) is 5.73 Å². The van der Waals surface area contributed by atoms with Crippen molar-refractivity contribution in [3.05, 3.63) is 0 Å². The van der Waals surface area contributed by atoms with E-state index in [1.54, 1.807) is 11.8 Å². The molecular formula is C6H18N2O2. The Kier molecular flexibility index (Phi) is 11.1. The minimum absolute atomic E-state index is 0.0972. The van der Waals surface area contributed by atoms with Gasteiger partial charge in [-0.15, -0.1) is 0 Å². The van der Waals surface area contributed by atoms with Crippen LogP contribution in [0.25, 0.3) is 0 Å². The van der Waals surface area contributed by atoms with Gasteiger partial charge in [-0.2, -0.15) is 0 Å². The van der Waals surface area contributed by atoms with Gasteiger partial charge in [-0.05, 0) is 21.0 Å². The van der Waals surface area contributed by atoms with Crippen molar-refractivity contribution in [3.63, 3.8) is 0 Å². The molecule has 0 aromatic rings. The molecule has 0 heterocycles. The van der Waals surface area contributed by atoms with E-state index in [-0.39, 0.29) is 12.8 Å². The predicted octanol–water partition coefficient (Wildman–Crippen LogP) is -1.18. The summed E-state index contributed by atoms with van der Waals surface area (Å²) in [5.41, 5.74) is 4.78. The number of nitrogens with two attached hydrogens (primary N) is 1. The van der Waals surface area contributed by atoms with Crippen molar-refractivity contribution in [2.75, 3.05) is 27.2 Å². The maximum absolute atomic E-state index is 8.56. The lowest BCUT2D eigenvalue weighted by Gasteiger charge is -2.11. The maximum atomic E-state index is 8.56. The van der Waals surface area contributed by atoms with Crippen molar-refractivity contribution in [3.8, 4) is 0 Å². The molecule has 0 aliphatic carbocycles. The number of hydrogen-bond donors (Lipinski definition) is 3. The van der Waals surface area contributed by atoms with Crippen molar-refractivity contribution >= 4 is 0 Å². The summed E-state index contributed by atoms with van der Waals surface area (Å²) in [6.07, 6.45) is -0.315. The molecule has 0 fully saturated rings. The smallest absolute Gasteiger partial charge is 0.104 e. The van der Waals surface area contributed by atoms with Crippen LogP contribution in [-0.2, 0) is 0 Å². The molecule has 0 aromatic carbocycles. The van der Waals surface area contributed by atoms with E-state index in [0.29, 0.717) is 6.54 Å². The topological polar surface area (TPSA) is 69.7 Å². The quantitative estimate of drug-likeness (QED) is 0.434. The zero-order valence-electron chi connectivity index (χ0n) is 6.91. The lowest BCUT2D eigenvalue weighted by molar-refractivity contribution is 0.0578. The van der Waals surface area contributed by atoms with Gasteiger partial charge in [0.2, 0.25) is 0 Å². The Morgan fingerprint density at radius 2 is 1.70 bits per heavy atom. The molecule has 0 amide bonds. The van der Waals surface area contributed by atoms with E-state index in [2.05, 4.69) is 0 Å². The summed E-state index contributed by atoms with van der Waals surface area (Å²) in [5, 5.41) is 16.3. The van der Waals surface area contributed by atoms with Crippen molar-refractivity contribution in [1.29, 1.82) is 0 Å². The second-order valence-electron chi connectivity index (χ2n) is 2.11. The van der Waals surface area contributed by atoms with Gasteiger partial charge in [0.15, 0.2) is 0 Å². The van der Waals surface area contributed by atoms with Crippen LogP contribution in [0.4, 0.5) is 0 Å². The summed E-state index contributed by atoms with van der Waals surface area (Å²) in [4.78, 5) is 1.72. The molecule has 64 valence electrons. The van der Waals surface area contributed by atoms with E-state index in [4.69, 9.17) is 15.9 Å². The number of aliphatic hydroxyl groups is 2. The fraction of sp³-hybridized carbons (Fsp3) is 1.00. The Labute approximate surface area is 62.3 Å². The van der Waals surface area contributed by atoms with Gasteiger partial charge in [-0.1, -0.05) is 0 Å². The molecule has 4 nitrogen and oxygen atoms in total. The maximum Gasteiger partial charge on any atom is 0.104 e. The fourth-order valence-corrected chi connectivity index (χ4v) is 0. The Morgan fingerprint density at radius 3 is 1.70 bits per heavy atom. The third kappa shape index (κ3) is 15.7. The molecule has 0 aliphatic heterocycles. The van der Waals surface area contributed by atoms with Gasteiger partial charge in [0.05, 0.1) is 6.61 Å². The first-order valence-electron chi connectivity index (χ1n) is 3.21. The molecule has 4 heteroatoms. The molecule has 0 radical (unpaired) electrons. The lowest BCUT2D eigenvalue weighted by atomic mass is 10.6. The minimum Gasteiger partial charge on any atom is -0.395 e. The summed E-state index contributed by atoms with van der Waals surface area (Å²) < 4.78 is 0. The molecule has 1 atom stereocenters. The highest BCUT2D eigenvalue weighted by atomic mass is 16.3. The van der Waals surface area contributed by atoms with Crippen LogP contribution >= 0.6 is 0 Å². The van der Waals surface area contributed by atoms with Gasteiger partial charge in [0.1, 0.15) is 6.23 Å². The molecule has 10 heavy (non-hydrogen) atoms. The van der Waals surface area contributed by atoms with Crippen LogP contribution in [0.15, 0.2) is 0 Å². The summed E-state index contributed by atoms with van der Waals surface area (Å²) in [6, 6.07) is 0. The van der Waals surface area contributed by atoms with Crippen molar-refractivity contribution < 1.29 is 10.2 Å². The molecule has 0 bridgehead atoms. The van der Waals surface area contributed by atoms with Gasteiger partial charge < -0.3 is 15.9 Å².